The van der Waals surface area contributed by atoms with Gasteiger partial charge in [0.25, 0.3) is 0 Å². The third kappa shape index (κ3) is 6.25. The molecule has 2 saturated heterocycles. The number of carbonyl (C=O) groups is 2. The molecule has 2 aliphatic heterocycles. The second kappa shape index (κ2) is 10.1. The van der Waals surface area contributed by atoms with Gasteiger partial charge in [0.2, 0.25) is 11.8 Å². The number of hydrogen-bond acceptors (Lipinski definition) is 5. The van der Waals surface area contributed by atoms with Crippen molar-refractivity contribution in [3.05, 3.63) is 0 Å². The Morgan fingerprint density at radius 1 is 1.22 bits per heavy atom. The second-order valence-corrected chi connectivity index (χ2v) is 6.16. The van der Waals surface area contributed by atoms with E-state index in [1.807, 2.05) is 13.8 Å². The highest BCUT2D eigenvalue weighted by atomic mass is 35.5. The van der Waals surface area contributed by atoms with E-state index < -0.39 is 6.04 Å². The molecule has 8 heteroatoms. The van der Waals surface area contributed by atoms with E-state index in [2.05, 4.69) is 10.6 Å². The van der Waals surface area contributed by atoms with E-state index >= 15 is 0 Å². The topological polar surface area (TPSA) is 79.9 Å². The molecule has 0 saturated carbocycles. The number of hydrogen-bond donors (Lipinski definition) is 2. The maximum absolute atomic E-state index is 12.6. The van der Waals surface area contributed by atoms with E-state index in [4.69, 9.17) is 9.47 Å². The summed E-state index contributed by atoms with van der Waals surface area (Å²) >= 11 is 0. The zero-order valence-corrected chi connectivity index (χ0v) is 14.7. The number of rotatable bonds is 5. The molecule has 134 valence electrons. The molecular formula is C15H28ClN3O4. The van der Waals surface area contributed by atoms with Crippen LogP contribution >= 0.6 is 12.4 Å². The van der Waals surface area contributed by atoms with Crippen molar-refractivity contribution in [1.29, 1.82) is 0 Å². The lowest BCUT2D eigenvalue weighted by Crippen LogP contribution is -2.54. The molecule has 2 N–H and O–H groups in total. The molecule has 0 spiro atoms. The Bertz CT molecular complexity index is 383. The molecule has 2 heterocycles. The van der Waals surface area contributed by atoms with Crippen LogP contribution in [0.25, 0.3) is 0 Å². The van der Waals surface area contributed by atoms with Gasteiger partial charge < -0.3 is 25.0 Å². The molecular weight excluding hydrogens is 322 g/mol. The van der Waals surface area contributed by atoms with Crippen molar-refractivity contribution in [3.8, 4) is 0 Å². The first-order valence-corrected chi connectivity index (χ1v) is 8.05. The molecule has 2 aliphatic rings. The zero-order valence-electron chi connectivity index (χ0n) is 13.9. The minimum atomic E-state index is -0.477. The number of morpholine rings is 2. The SMILES string of the molecule is CC(C)C(NC(=O)CC1COCCN1)C(=O)N1CCOCC1.Cl. The Hall–Kier alpha value is -0.890. The van der Waals surface area contributed by atoms with Crippen LogP contribution in [0.15, 0.2) is 0 Å². The number of carbonyl (C=O) groups excluding carboxylic acids is 2. The second-order valence-electron chi connectivity index (χ2n) is 6.16. The zero-order chi connectivity index (χ0) is 15.9. The molecule has 2 amide bonds. The van der Waals surface area contributed by atoms with Crippen LogP contribution in [-0.2, 0) is 19.1 Å². The van der Waals surface area contributed by atoms with Crippen LogP contribution in [0, 0.1) is 5.92 Å². The number of ether oxygens (including phenoxy) is 2. The van der Waals surface area contributed by atoms with Gasteiger partial charge in [-0.2, -0.15) is 0 Å². The van der Waals surface area contributed by atoms with E-state index in [0.29, 0.717) is 45.9 Å². The molecule has 0 aromatic rings. The predicted molar refractivity (Wildman–Crippen MR) is 88.6 cm³/mol. The molecule has 0 aliphatic carbocycles. The van der Waals surface area contributed by atoms with Gasteiger partial charge in [0.15, 0.2) is 0 Å². The summed E-state index contributed by atoms with van der Waals surface area (Å²) in [7, 11) is 0. The lowest BCUT2D eigenvalue weighted by Gasteiger charge is -2.32. The minimum Gasteiger partial charge on any atom is -0.378 e. The lowest BCUT2D eigenvalue weighted by atomic mass is 10.0. The third-order valence-electron chi connectivity index (χ3n) is 4.00. The molecule has 23 heavy (non-hydrogen) atoms. The molecule has 7 nitrogen and oxygen atoms in total. The molecule has 0 aromatic carbocycles. The van der Waals surface area contributed by atoms with Crippen molar-refractivity contribution < 1.29 is 19.1 Å². The Balaban J connectivity index is 0.00000264. The van der Waals surface area contributed by atoms with Gasteiger partial charge in [-0.15, -0.1) is 12.4 Å². The van der Waals surface area contributed by atoms with Crippen molar-refractivity contribution in [1.82, 2.24) is 15.5 Å². The van der Waals surface area contributed by atoms with Crippen LogP contribution < -0.4 is 10.6 Å². The summed E-state index contributed by atoms with van der Waals surface area (Å²) in [5, 5.41) is 6.14. The maximum Gasteiger partial charge on any atom is 0.245 e. The van der Waals surface area contributed by atoms with Gasteiger partial charge in [0.05, 0.1) is 26.4 Å². The highest BCUT2D eigenvalue weighted by Gasteiger charge is 2.30. The largest absolute Gasteiger partial charge is 0.378 e. The number of halogens is 1. The van der Waals surface area contributed by atoms with E-state index in [1.165, 1.54) is 0 Å². The number of nitrogens with one attached hydrogen (secondary N) is 2. The summed E-state index contributed by atoms with van der Waals surface area (Å²) in [6.07, 6.45) is 0.333. The summed E-state index contributed by atoms with van der Waals surface area (Å²) in [5.41, 5.74) is 0. The van der Waals surface area contributed by atoms with E-state index in [9.17, 15) is 9.59 Å². The predicted octanol–water partition coefficient (Wildman–Crippen LogP) is -0.214. The highest BCUT2D eigenvalue weighted by molar-refractivity contribution is 5.88. The van der Waals surface area contributed by atoms with Gasteiger partial charge in [-0.05, 0) is 5.92 Å². The smallest absolute Gasteiger partial charge is 0.245 e. The molecule has 2 fully saturated rings. The Labute approximate surface area is 143 Å². The van der Waals surface area contributed by atoms with Gasteiger partial charge in [0, 0.05) is 32.1 Å². The average molecular weight is 350 g/mol. The van der Waals surface area contributed by atoms with Crippen molar-refractivity contribution in [2.24, 2.45) is 5.92 Å². The summed E-state index contributed by atoms with van der Waals surface area (Å²) in [5.74, 6) is -0.0716. The molecule has 2 unspecified atom stereocenters. The van der Waals surface area contributed by atoms with Crippen LogP contribution in [0.5, 0.6) is 0 Å². The molecule has 2 rings (SSSR count). The van der Waals surface area contributed by atoms with Gasteiger partial charge in [0.1, 0.15) is 6.04 Å². The monoisotopic (exact) mass is 349 g/mol. The van der Waals surface area contributed by atoms with E-state index in [1.54, 1.807) is 4.90 Å². The Morgan fingerprint density at radius 2 is 1.91 bits per heavy atom. The van der Waals surface area contributed by atoms with Gasteiger partial charge >= 0.3 is 0 Å². The van der Waals surface area contributed by atoms with Crippen molar-refractivity contribution in [3.63, 3.8) is 0 Å². The highest BCUT2D eigenvalue weighted by Crippen LogP contribution is 2.09. The van der Waals surface area contributed by atoms with Gasteiger partial charge in [-0.3, -0.25) is 9.59 Å². The van der Waals surface area contributed by atoms with Gasteiger partial charge in [-0.25, -0.2) is 0 Å². The molecule has 0 aromatic heterocycles. The van der Waals surface area contributed by atoms with Crippen molar-refractivity contribution in [2.45, 2.75) is 32.4 Å². The normalized spacial score (nSPS) is 23.1. The van der Waals surface area contributed by atoms with Crippen LogP contribution in [0.2, 0.25) is 0 Å². The Morgan fingerprint density at radius 3 is 2.48 bits per heavy atom. The maximum atomic E-state index is 12.6. The quantitative estimate of drug-likeness (QED) is 0.717. The van der Waals surface area contributed by atoms with Crippen LogP contribution in [-0.4, -0.2) is 74.9 Å². The van der Waals surface area contributed by atoms with Crippen molar-refractivity contribution >= 4 is 24.2 Å². The first-order chi connectivity index (χ1) is 10.6. The summed E-state index contributed by atoms with van der Waals surface area (Å²) in [6, 6.07) is -0.449. The van der Waals surface area contributed by atoms with E-state index in [-0.39, 0.29) is 36.2 Å². The average Bonchev–Trinajstić information content (AvgIpc) is 2.53. The summed E-state index contributed by atoms with van der Waals surface area (Å²) < 4.78 is 10.6. The first-order valence-electron chi connectivity index (χ1n) is 8.05. The summed E-state index contributed by atoms with van der Waals surface area (Å²) in [4.78, 5) is 26.6. The molecule has 2 atom stereocenters. The fourth-order valence-corrected chi connectivity index (χ4v) is 2.70. The van der Waals surface area contributed by atoms with Crippen LogP contribution in [0.3, 0.4) is 0 Å². The Kier molecular flexibility index (Phi) is 8.83. The van der Waals surface area contributed by atoms with E-state index in [0.717, 1.165) is 6.54 Å². The molecule has 0 bridgehead atoms. The van der Waals surface area contributed by atoms with Gasteiger partial charge in [-0.1, -0.05) is 13.8 Å². The standard InChI is InChI=1S/C15H27N3O4.ClH/c1-11(2)14(15(20)18-4-7-21-8-5-18)17-13(19)9-12-10-22-6-3-16-12;/h11-12,14,16H,3-10H2,1-2H3,(H,17,19);1H. The summed E-state index contributed by atoms with van der Waals surface area (Å²) in [6.45, 7) is 8.20. The number of nitrogens with zero attached hydrogens (tertiary/aromatic N) is 1. The van der Waals surface area contributed by atoms with Crippen molar-refractivity contribution in [2.75, 3.05) is 46.1 Å². The number of amides is 2. The first kappa shape index (κ1) is 20.2. The lowest BCUT2D eigenvalue weighted by molar-refractivity contribution is -0.141. The minimum absolute atomic E-state index is 0. The third-order valence-corrected chi connectivity index (χ3v) is 4.00. The molecule has 0 radical (unpaired) electrons. The fraction of sp³-hybridized carbons (Fsp3) is 0.867. The van der Waals surface area contributed by atoms with Crippen LogP contribution in [0.4, 0.5) is 0 Å². The fourth-order valence-electron chi connectivity index (χ4n) is 2.70. The van der Waals surface area contributed by atoms with Crippen LogP contribution in [0.1, 0.15) is 20.3 Å².